The van der Waals surface area contributed by atoms with Gasteiger partial charge in [-0.25, -0.2) is 0 Å². The van der Waals surface area contributed by atoms with Crippen molar-refractivity contribution < 1.29 is 0 Å². The molecule has 0 unspecified atom stereocenters. The van der Waals surface area contributed by atoms with Gasteiger partial charge in [0.05, 0.1) is 10.2 Å². The van der Waals surface area contributed by atoms with Gasteiger partial charge in [0.15, 0.2) is 0 Å². The van der Waals surface area contributed by atoms with Crippen LogP contribution in [0.3, 0.4) is 0 Å². The Labute approximate surface area is 72.1 Å². The lowest BCUT2D eigenvalue weighted by Crippen LogP contribution is -2.12. The molecule has 0 amide bonds. The van der Waals surface area contributed by atoms with E-state index < -0.39 is 0 Å². The SMILES string of the molecule is CC(C)(C)c1ccc([Si])cc1. The van der Waals surface area contributed by atoms with Crippen molar-refractivity contribution in [2.45, 2.75) is 26.2 Å². The van der Waals surface area contributed by atoms with Gasteiger partial charge in [-0.1, -0.05) is 50.2 Å². The van der Waals surface area contributed by atoms with Crippen LogP contribution < -0.4 is 5.19 Å². The molecule has 11 heavy (non-hydrogen) atoms. The molecule has 0 N–H and O–H groups in total. The fourth-order valence-corrected chi connectivity index (χ4v) is 1.14. The second-order valence-corrected chi connectivity index (χ2v) is 4.40. The molecule has 0 spiro atoms. The van der Waals surface area contributed by atoms with Gasteiger partial charge in [0.25, 0.3) is 0 Å². The lowest BCUT2D eigenvalue weighted by Gasteiger charge is -2.18. The lowest BCUT2D eigenvalue weighted by atomic mass is 9.87. The molecule has 1 heteroatoms. The summed E-state index contributed by atoms with van der Waals surface area (Å²) >= 11 is 0. The van der Waals surface area contributed by atoms with Crippen LogP contribution in [0.5, 0.6) is 0 Å². The summed E-state index contributed by atoms with van der Waals surface area (Å²) in [5, 5.41) is 1.14. The predicted octanol–water partition coefficient (Wildman–Crippen LogP) is 1.78. The Bertz CT molecular complexity index is 228. The molecule has 0 fully saturated rings. The van der Waals surface area contributed by atoms with Gasteiger partial charge in [0, 0.05) is 0 Å². The molecule has 0 saturated heterocycles. The molecular weight excluding hydrogens is 148 g/mol. The van der Waals surface area contributed by atoms with Crippen molar-refractivity contribution in [2.75, 3.05) is 0 Å². The average Bonchev–Trinajstić information content (AvgIpc) is 1.86. The molecular formula is C10H13Si. The van der Waals surface area contributed by atoms with E-state index in [1.54, 1.807) is 0 Å². The van der Waals surface area contributed by atoms with Gasteiger partial charge in [0.1, 0.15) is 0 Å². The highest BCUT2D eigenvalue weighted by atomic mass is 28.1. The Morgan fingerprint density at radius 3 is 1.82 bits per heavy atom. The van der Waals surface area contributed by atoms with Crippen LogP contribution in [0.2, 0.25) is 0 Å². The standard InChI is InChI=1S/C10H13Si/c1-10(2,3)8-4-6-9(11)7-5-8/h4-7H,1-3H3. The summed E-state index contributed by atoms with van der Waals surface area (Å²) in [6.07, 6.45) is 0. The van der Waals surface area contributed by atoms with Crippen LogP contribution in [0.15, 0.2) is 24.3 Å². The van der Waals surface area contributed by atoms with Crippen molar-refractivity contribution in [3.8, 4) is 0 Å². The average molecular weight is 161 g/mol. The minimum Gasteiger partial charge on any atom is -0.0673 e. The van der Waals surface area contributed by atoms with Crippen molar-refractivity contribution in [3.05, 3.63) is 29.8 Å². The van der Waals surface area contributed by atoms with Crippen LogP contribution in [0.4, 0.5) is 0 Å². The normalized spacial score (nSPS) is 11.6. The van der Waals surface area contributed by atoms with E-state index in [1.165, 1.54) is 5.56 Å². The Balaban J connectivity index is 2.99. The van der Waals surface area contributed by atoms with Crippen LogP contribution in [0.25, 0.3) is 0 Å². The predicted molar refractivity (Wildman–Crippen MR) is 50.5 cm³/mol. The molecule has 0 aliphatic heterocycles. The maximum atomic E-state index is 3.46. The summed E-state index contributed by atoms with van der Waals surface area (Å²) < 4.78 is 0. The number of rotatable bonds is 0. The van der Waals surface area contributed by atoms with E-state index in [9.17, 15) is 0 Å². The molecule has 1 rings (SSSR count). The molecule has 0 aliphatic rings. The zero-order valence-electron chi connectivity index (χ0n) is 7.31. The second-order valence-electron chi connectivity index (χ2n) is 3.83. The molecule has 1 aromatic rings. The number of benzene rings is 1. The molecule has 0 bridgehead atoms. The van der Waals surface area contributed by atoms with Crippen molar-refractivity contribution in [1.82, 2.24) is 0 Å². The topological polar surface area (TPSA) is 0 Å². The monoisotopic (exact) mass is 161 g/mol. The second kappa shape index (κ2) is 2.82. The summed E-state index contributed by atoms with van der Waals surface area (Å²) in [5.41, 5.74) is 1.64. The van der Waals surface area contributed by atoms with Crippen molar-refractivity contribution in [3.63, 3.8) is 0 Å². The first kappa shape index (κ1) is 8.53. The van der Waals surface area contributed by atoms with Gasteiger partial charge in [0.2, 0.25) is 0 Å². The summed E-state index contributed by atoms with van der Waals surface area (Å²) in [4.78, 5) is 0. The number of hydrogen-bond donors (Lipinski definition) is 0. The highest BCUT2D eigenvalue weighted by Crippen LogP contribution is 2.20. The van der Waals surface area contributed by atoms with E-state index in [2.05, 4.69) is 55.3 Å². The zero-order valence-corrected chi connectivity index (χ0v) is 8.31. The molecule has 3 radical (unpaired) electrons. The third kappa shape index (κ3) is 2.19. The first-order valence-electron chi connectivity index (χ1n) is 3.82. The zero-order chi connectivity index (χ0) is 8.48. The van der Waals surface area contributed by atoms with Crippen LogP contribution in [-0.4, -0.2) is 10.2 Å². The summed E-state index contributed by atoms with van der Waals surface area (Å²) in [7, 11) is 3.46. The van der Waals surface area contributed by atoms with Crippen LogP contribution in [0, 0.1) is 0 Å². The van der Waals surface area contributed by atoms with E-state index >= 15 is 0 Å². The fourth-order valence-electron chi connectivity index (χ4n) is 0.970. The van der Waals surface area contributed by atoms with Crippen LogP contribution in [0.1, 0.15) is 26.3 Å². The molecule has 0 aliphatic carbocycles. The molecule has 0 aromatic heterocycles. The van der Waals surface area contributed by atoms with Crippen LogP contribution >= 0.6 is 0 Å². The Hall–Kier alpha value is -0.563. The van der Waals surface area contributed by atoms with E-state index in [4.69, 9.17) is 0 Å². The highest BCUT2D eigenvalue weighted by Gasteiger charge is 2.11. The molecule has 0 atom stereocenters. The Kier molecular flexibility index (Phi) is 2.19. The third-order valence-corrected chi connectivity index (χ3v) is 2.08. The van der Waals surface area contributed by atoms with E-state index in [0.29, 0.717) is 0 Å². The minimum absolute atomic E-state index is 0.264. The van der Waals surface area contributed by atoms with Gasteiger partial charge < -0.3 is 0 Å². The first-order chi connectivity index (χ1) is 5.00. The van der Waals surface area contributed by atoms with Gasteiger partial charge in [-0.05, 0) is 11.0 Å². The van der Waals surface area contributed by atoms with Gasteiger partial charge >= 0.3 is 0 Å². The summed E-state index contributed by atoms with van der Waals surface area (Å²) in [5.74, 6) is 0. The largest absolute Gasteiger partial charge is 0.0711 e. The van der Waals surface area contributed by atoms with Crippen molar-refractivity contribution in [2.24, 2.45) is 0 Å². The first-order valence-corrected chi connectivity index (χ1v) is 4.32. The molecule has 1 aromatic carbocycles. The highest BCUT2D eigenvalue weighted by molar-refractivity contribution is 6.32. The third-order valence-electron chi connectivity index (χ3n) is 1.75. The maximum Gasteiger partial charge on any atom is 0.0711 e. The van der Waals surface area contributed by atoms with E-state index in [1.807, 2.05) is 0 Å². The summed E-state index contributed by atoms with van der Waals surface area (Å²) in [6, 6.07) is 8.47. The molecule has 57 valence electrons. The minimum atomic E-state index is 0.264. The van der Waals surface area contributed by atoms with Gasteiger partial charge in [-0.2, -0.15) is 0 Å². The smallest absolute Gasteiger partial charge is 0.0673 e. The van der Waals surface area contributed by atoms with Crippen molar-refractivity contribution in [1.29, 1.82) is 0 Å². The molecule has 0 saturated carbocycles. The van der Waals surface area contributed by atoms with Crippen molar-refractivity contribution >= 4 is 15.4 Å². The lowest BCUT2D eigenvalue weighted by molar-refractivity contribution is 0.590. The number of hydrogen-bond acceptors (Lipinski definition) is 0. The maximum absolute atomic E-state index is 3.46. The Morgan fingerprint density at radius 1 is 1.00 bits per heavy atom. The van der Waals surface area contributed by atoms with E-state index in [-0.39, 0.29) is 5.41 Å². The quantitative estimate of drug-likeness (QED) is 0.509. The summed E-state index contributed by atoms with van der Waals surface area (Å²) in [6.45, 7) is 6.65. The van der Waals surface area contributed by atoms with Gasteiger partial charge in [-0.3, -0.25) is 0 Å². The van der Waals surface area contributed by atoms with Gasteiger partial charge in [-0.15, -0.1) is 0 Å². The van der Waals surface area contributed by atoms with E-state index in [0.717, 1.165) is 5.19 Å². The Morgan fingerprint density at radius 2 is 1.45 bits per heavy atom. The van der Waals surface area contributed by atoms with Crippen LogP contribution in [-0.2, 0) is 5.41 Å². The molecule has 0 heterocycles. The fraction of sp³-hybridized carbons (Fsp3) is 0.400. The molecule has 0 nitrogen and oxygen atoms in total.